The van der Waals surface area contributed by atoms with E-state index in [0.29, 0.717) is 10.2 Å². The number of carbonyl (C=O) groups is 3. The number of anilines is 1. The Labute approximate surface area is 124 Å². The Morgan fingerprint density at radius 1 is 1.20 bits per heavy atom. The molecule has 20 heavy (non-hydrogen) atoms. The molecule has 0 fully saturated rings. The first-order valence-electron chi connectivity index (χ1n) is 5.89. The molecular formula is C13H15BrN2O4. The smallest absolute Gasteiger partial charge is 0.325 e. The molecule has 0 aromatic heterocycles. The number of rotatable bonds is 4. The number of nitrogens with one attached hydrogen (secondary N) is 2. The van der Waals surface area contributed by atoms with Gasteiger partial charge in [-0.1, -0.05) is 6.07 Å². The van der Waals surface area contributed by atoms with Crippen molar-refractivity contribution in [2.45, 2.75) is 26.7 Å². The van der Waals surface area contributed by atoms with Gasteiger partial charge in [0.05, 0.1) is 12.1 Å². The Kier molecular flexibility index (Phi) is 5.69. The number of carboxylic acids is 1. The zero-order valence-corrected chi connectivity index (χ0v) is 12.7. The maximum absolute atomic E-state index is 11.6. The van der Waals surface area contributed by atoms with E-state index < -0.39 is 17.9 Å². The van der Waals surface area contributed by atoms with Crippen LogP contribution in [0, 0.1) is 13.8 Å². The van der Waals surface area contributed by atoms with Crippen molar-refractivity contribution in [1.29, 1.82) is 0 Å². The fourth-order valence-electron chi connectivity index (χ4n) is 1.63. The van der Waals surface area contributed by atoms with Crippen LogP contribution in [0.4, 0.5) is 10.5 Å². The van der Waals surface area contributed by atoms with Gasteiger partial charge in [0, 0.05) is 10.9 Å². The molecule has 1 rings (SSSR count). The molecule has 0 radical (unpaired) electrons. The first-order valence-corrected chi connectivity index (χ1v) is 6.68. The third-order valence-electron chi connectivity index (χ3n) is 2.49. The molecule has 7 heteroatoms. The molecule has 108 valence electrons. The summed E-state index contributed by atoms with van der Waals surface area (Å²) in [7, 11) is 0. The topological polar surface area (TPSA) is 95.5 Å². The van der Waals surface area contributed by atoms with Crippen molar-refractivity contribution in [3.8, 4) is 0 Å². The third-order valence-corrected chi connectivity index (χ3v) is 3.11. The molecule has 0 heterocycles. The van der Waals surface area contributed by atoms with Crippen LogP contribution in [0.15, 0.2) is 16.6 Å². The molecular weight excluding hydrogens is 328 g/mol. The summed E-state index contributed by atoms with van der Waals surface area (Å²) in [5.74, 6) is -1.72. The summed E-state index contributed by atoms with van der Waals surface area (Å²) in [6, 6.07) is 3.05. The molecule has 0 aliphatic carbocycles. The first kappa shape index (κ1) is 16.2. The van der Waals surface area contributed by atoms with E-state index in [2.05, 4.69) is 26.6 Å². The average molecular weight is 343 g/mol. The summed E-state index contributed by atoms with van der Waals surface area (Å²) in [6.07, 6.45) is -0.552. The van der Waals surface area contributed by atoms with Crippen molar-refractivity contribution >= 4 is 39.5 Å². The van der Waals surface area contributed by atoms with Gasteiger partial charge in [-0.15, -0.1) is 0 Å². The fraction of sp³-hybridized carbons (Fsp3) is 0.308. The summed E-state index contributed by atoms with van der Waals surface area (Å²) >= 11 is 3.34. The summed E-state index contributed by atoms with van der Waals surface area (Å²) in [6.45, 7) is 3.76. The van der Waals surface area contributed by atoms with Gasteiger partial charge in [-0.05, 0) is 47.0 Å². The summed E-state index contributed by atoms with van der Waals surface area (Å²) in [5, 5.41) is 13.1. The highest BCUT2D eigenvalue weighted by Crippen LogP contribution is 2.27. The number of amides is 3. The number of carboxylic acid groups (broad SMARTS) is 1. The second kappa shape index (κ2) is 7.04. The predicted octanol–water partition coefficient (Wildman–Crippen LogP) is 2.58. The van der Waals surface area contributed by atoms with Crippen LogP contribution in [0.1, 0.15) is 24.0 Å². The molecule has 3 N–H and O–H groups in total. The van der Waals surface area contributed by atoms with E-state index in [4.69, 9.17) is 5.11 Å². The van der Waals surface area contributed by atoms with Gasteiger partial charge in [0.2, 0.25) is 5.91 Å². The van der Waals surface area contributed by atoms with Gasteiger partial charge in [-0.3, -0.25) is 14.9 Å². The van der Waals surface area contributed by atoms with Crippen molar-refractivity contribution in [3.63, 3.8) is 0 Å². The molecule has 0 unspecified atom stereocenters. The van der Waals surface area contributed by atoms with Crippen molar-refractivity contribution in [2.75, 3.05) is 5.32 Å². The largest absolute Gasteiger partial charge is 0.481 e. The number of hydrogen-bond donors (Lipinski definition) is 3. The van der Waals surface area contributed by atoms with E-state index in [0.717, 1.165) is 11.1 Å². The van der Waals surface area contributed by atoms with E-state index >= 15 is 0 Å². The number of aryl methyl sites for hydroxylation is 2. The van der Waals surface area contributed by atoms with E-state index in [1.54, 1.807) is 0 Å². The number of hydrogen-bond acceptors (Lipinski definition) is 3. The summed E-state index contributed by atoms with van der Waals surface area (Å²) < 4.78 is 0.711. The Morgan fingerprint density at radius 3 is 2.40 bits per heavy atom. The molecule has 0 aliphatic rings. The Morgan fingerprint density at radius 2 is 1.85 bits per heavy atom. The molecule has 0 bridgehead atoms. The van der Waals surface area contributed by atoms with E-state index in [1.807, 2.05) is 26.0 Å². The standard InChI is InChI=1S/C13H15BrN2O4/c1-7-5-8(2)12(9(14)6-7)16-13(20)15-10(17)3-4-11(18)19/h5-6H,3-4H2,1-2H3,(H,18,19)(H2,15,16,17,20). The Balaban J connectivity index is 2.63. The Hall–Kier alpha value is -1.89. The Bertz CT molecular complexity index is 534. The molecule has 3 amide bonds. The number of urea groups is 1. The third kappa shape index (κ3) is 5.00. The molecule has 0 spiro atoms. The minimum atomic E-state index is -1.09. The zero-order chi connectivity index (χ0) is 15.3. The molecule has 6 nitrogen and oxygen atoms in total. The second-order valence-electron chi connectivity index (χ2n) is 4.33. The number of aliphatic carboxylic acids is 1. The van der Waals surface area contributed by atoms with Crippen LogP contribution in [-0.4, -0.2) is 23.0 Å². The number of carbonyl (C=O) groups excluding carboxylic acids is 2. The van der Waals surface area contributed by atoms with Crippen LogP contribution in [0.2, 0.25) is 0 Å². The molecule has 1 aromatic carbocycles. The van der Waals surface area contributed by atoms with Gasteiger partial charge >= 0.3 is 12.0 Å². The lowest BCUT2D eigenvalue weighted by Gasteiger charge is -2.12. The van der Waals surface area contributed by atoms with Crippen LogP contribution < -0.4 is 10.6 Å². The lowest BCUT2D eigenvalue weighted by Crippen LogP contribution is -2.34. The first-order chi connectivity index (χ1) is 9.29. The van der Waals surface area contributed by atoms with Gasteiger partial charge in [0.25, 0.3) is 0 Å². The average Bonchev–Trinajstić information content (AvgIpc) is 2.31. The number of benzene rings is 1. The van der Waals surface area contributed by atoms with Crippen molar-refractivity contribution in [1.82, 2.24) is 5.32 Å². The van der Waals surface area contributed by atoms with Gasteiger partial charge in [-0.2, -0.15) is 0 Å². The highest BCUT2D eigenvalue weighted by Gasteiger charge is 2.12. The van der Waals surface area contributed by atoms with E-state index in [9.17, 15) is 14.4 Å². The quantitative estimate of drug-likeness (QED) is 0.783. The minimum Gasteiger partial charge on any atom is -0.481 e. The van der Waals surface area contributed by atoms with Crippen LogP contribution in [0.3, 0.4) is 0 Å². The monoisotopic (exact) mass is 342 g/mol. The van der Waals surface area contributed by atoms with Crippen molar-refractivity contribution in [3.05, 3.63) is 27.7 Å². The van der Waals surface area contributed by atoms with Crippen molar-refractivity contribution < 1.29 is 19.5 Å². The van der Waals surface area contributed by atoms with Crippen LogP contribution >= 0.6 is 15.9 Å². The van der Waals surface area contributed by atoms with Gasteiger partial charge in [0.1, 0.15) is 0 Å². The van der Waals surface area contributed by atoms with Crippen LogP contribution in [-0.2, 0) is 9.59 Å². The summed E-state index contributed by atoms with van der Waals surface area (Å²) in [5.41, 5.74) is 2.46. The van der Waals surface area contributed by atoms with Crippen LogP contribution in [0.5, 0.6) is 0 Å². The van der Waals surface area contributed by atoms with Gasteiger partial charge < -0.3 is 10.4 Å². The highest BCUT2D eigenvalue weighted by atomic mass is 79.9. The maximum atomic E-state index is 11.6. The molecule has 0 saturated heterocycles. The second-order valence-corrected chi connectivity index (χ2v) is 5.19. The maximum Gasteiger partial charge on any atom is 0.325 e. The zero-order valence-electron chi connectivity index (χ0n) is 11.1. The number of halogens is 1. The van der Waals surface area contributed by atoms with Crippen molar-refractivity contribution in [2.24, 2.45) is 0 Å². The molecule has 0 aliphatic heterocycles. The van der Waals surface area contributed by atoms with Crippen LogP contribution in [0.25, 0.3) is 0 Å². The highest BCUT2D eigenvalue weighted by molar-refractivity contribution is 9.10. The minimum absolute atomic E-state index is 0.239. The normalized spacial score (nSPS) is 9.95. The SMILES string of the molecule is Cc1cc(C)c(NC(=O)NC(=O)CCC(=O)O)c(Br)c1. The van der Waals surface area contributed by atoms with Gasteiger partial charge in [-0.25, -0.2) is 4.79 Å². The lowest BCUT2D eigenvalue weighted by atomic mass is 10.1. The fourth-order valence-corrected chi connectivity index (χ4v) is 2.40. The molecule has 0 saturated carbocycles. The summed E-state index contributed by atoms with van der Waals surface area (Å²) in [4.78, 5) is 33.3. The van der Waals surface area contributed by atoms with E-state index in [1.165, 1.54) is 0 Å². The van der Waals surface area contributed by atoms with E-state index in [-0.39, 0.29) is 12.8 Å². The molecule has 0 atom stereocenters. The van der Waals surface area contributed by atoms with Gasteiger partial charge in [0.15, 0.2) is 0 Å². The number of imide groups is 1. The predicted molar refractivity (Wildman–Crippen MR) is 77.6 cm³/mol. The lowest BCUT2D eigenvalue weighted by molar-refractivity contribution is -0.138. The molecule has 1 aromatic rings.